The molecule has 0 aliphatic carbocycles. The first-order chi connectivity index (χ1) is 9.15. The maximum atomic E-state index is 5.99. The van der Waals surface area contributed by atoms with Crippen molar-refractivity contribution in [2.45, 2.75) is 32.0 Å². The lowest BCUT2D eigenvalue weighted by atomic mass is 9.81. The van der Waals surface area contributed by atoms with Crippen LogP contribution in [0.5, 0.6) is 11.5 Å². The second-order valence-corrected chi connectivity index (χ2v) is 5.58. The van der Waals surface area contributed by atoms with Crippen LogP contribution in [0.4, 0.5) is 0 Å². The Balaban J connectivity index is 2.08. The molecular formula is C15H21NO3. The number of methoxy groups -OCH3 is 2. The molecule has 4 nitrogen and oxygen atoms in total. The van der Waals surface area contributed by atoms with Gasteiger partial charge in [-0.25, -0.2) is 0 Å². The Morgan fingerprint density at radius 1 is 1.16 bits per heavy atom. The maximum absolute atomic E-state index is 5.99. The van der Waals surface area contributed by atoms with Gasteiger partial charge in [0.05, 0.1) is 33.0 Å². The third-order valence-corrected chi connectivity index (χ3v) is 4.15. The quantitative estimate of drug-likeness (QED) is 0.909. The molecule has 0 saturated carbocycles. The van der Waals surface area contributed by atoms with Crippen LogP contribution in [0.1, 0.15) is 37.1 Å². The number of ether oxygens (including phenoxy) is 3. The highest BCUT2D eigenvalue weighted by atomic mass is 16.5. The van der Waals surface area contributed by atoms with E-state index in [9.17, 15) is 0 Å². The van der Waals surface area contributed by atoms with Gasteiger partial charge in [-0.3, -0.25) is 0 Å². The molecule has 1 saturated heterocycles. The summed E-state index contributed by atoms with van der Waals surface area (Å²) in [7, 11) is 3.34. The van der Waals surface area contributed by atoms with Crippen LogP contribution in [0.2, 0.25) is 0 Å². The topological polar surface area (TPSA) is 39.7 Å². The Bertz CT molecular complexity index is 487. The maximum Gasteiger partial charge on any atom is 0.161 e. The van der Waals surface area contributed by atoms with Crippen molar-refractivity contribution in [3.05, 3.63) is 23.3 Å². The lowest BCUT2D eigenvalue weighted by molar-refractivity contribution is -0.0590. The number of rotatable bonds is 3. The molecule has 0 aromatic heterocycles. The average Bonchev–Trinajstić information content (AvgIpc) is 2.46. The lowest BCUT2D eigenvalue weighted by Crippen LogP contribution is -2.52. The number of hydrogen-bond acceptors (Lipinski definition) is 4. The van der Waals surface area contributed by atoms with E-state index < -0.39 is 0 Å². The molecular weight excluding hydrogens is 242 g/mol. The Labute approximate surface area is 114 Å². The van der Waals surface area contributed by atoms with E-state index in [2.05, 4.69) is 31.3 Å². The molecule has 0 radical (unpaired) electrons. The molecule has 0 spiro atoms. The summed E-state index contributed by atoms with van der Waals surface area (Å²) >= 11 is 0. The van der Waals surface area contributed by atoms with Crippen LogP contribution in [-0.4, -0.2) is 26.9 Å². The zero-order valence-electron chi connectivity index (χ0n) is 11.9. The van der Waals surface area contributed by atoms with Gasteiger partial charge in [0.2, 0.25) is 0 Å². The molecule has 4 heteroatoms. The van der Waals surface area contributed by atoms with E-state index in [4.69, 9.17) is 14.2 Å². The van der Waals surface area contributed by atoms with Gasteiger partial charge in [0.15, 0.2) is 11.5 Å². The number of morpholine rings is 1. The summed E-state index contributed by atoms with van der Waals surface area (Å²) < 4.78 is 16.8. The summed E-state index contributed by atoms with van der Waals surface area (Å²) in [5.41, 5.74) is 2.53. The summed E-state index contributed by atoms with van der Waals surface area (Å²) in [5, 5.41) is 3.68. The van der Waals surface area contributed by atoms with Crippen molar-refractivity contribution in [1.82, 2.24) is 5.32 Å². The molecule has 1 aromatic carbocycles. The van der Waals surface area contributed by atoms with Crippen molar-refractivity contribution in [3.8, 4) is 11.5 Å². The SMILES string of the molecule is COc1cc2c(cc1OC)C1OCC2NC1C(C)C. The Morgan fingerprint density at radius 2 is 1.79 bits per heavy atom. The van der Waals surface area contributed by atoms with Crippen molar-refractivity contribution < 1.29 is 14.2 Å². The molecule has 19 heavy (non-hydrogen) atoms. The zero-order chi connectivity index (χ0) is 13.6. The first kappa shape index (κ1) is 12.8. The van der Waals surface area contributed by atoms with E-state index in [1.165, 1.54) is 11.1 Å². The van der Waals surface area contributed by atoms with E-state index in [1.54, 1.807) is 14.2 Å². The second kappa shape index (κ2) is 4.69. The minimum Gasteiger partial charge on any atom is -0.493 e. The van der Waals surface area contributed by atoms with E-state index >= 15 is 0 Å². The summed E-state index contributed by atoms with van der Waals surface area (Å²) in [4.78, 5) is 0. The van der Waals surface area contributed by atoms with Gasteiger partial charge < -0.3 is 19.5 Å². The summed E-state index contributed by atoms with van der Waals surface area (Å²) in [6.07, 6.45) is 0.111. The fraction of sp³-hybridized carbons (Fsp3) is 0.600. The van der Waals surface area contributed by atoms with Gasteiger partial charge in [-0.05, 0) is 29.2 Å². The van der Waals surface area contributed by atoms with Crippen LogP contribution >= 0.6 is 0 Å². The predicted octanol–water partition coefficient (Wildman–Crippen LogP) is 2.44. The smallest absolute Gasteiger partial charge is 0.161 e. The molecule has 3 atom stereocenters. The monoisotopic (exact) mass is 263 g/mol. The first-order valence-corrected chi connectivity index (χ1v) is 6.79. The van der Waals surface area contributed by atoms with Crippen molar-refractivity contribution in [2.24, 2.45) is 5.92 Å². The van der Waals surface area contributed by atoms with Crippen LogP contribution < -0.4 is 14.8 Å². The molecule has 1 aromatic rings. The van der Waals surface area contributed by atoms with Gasteiger partial charge >= 0.3 is 0 Å². The molecule has 104 valence electrons. The number of fused-ring (bicyclic) bond motifs is 2. The minimum absolute atomic E-state index is 0.111. The second-order valence-electron chi connectivity index (χ2n) is 5.58. The third kappa shape index (κ3) is 1.90. The van der Waals surface area contributed by atoms with E-state index in [0.29, 0.717) is 12.0 Å². The van der Waals surface area contributed by atoms with Gasteiger partial charge in [0, 0.05) is 6.04 Å². The van der Waals surface area contributed by atoms with Crippen molar-refractivity contribution in [2.75, 3.05) is 20.8 Å². The summed E-state index contributed by atoms with van der Waals surface area (Å²) in [5.74, 6) is 2.10. The first-order valence-electron chi connectivity index (χ1n) is 6.79. The Morgan fingerprint density at radius 3 is 2.37 bits per heavy atom. The van der Waals surface area contributed by atoms with E-state index in [-0.39, 0.29) is 12.1 Å². The highest BCUT2D eigenvalue weighted by Crippen LogP contribution is 2.46. The van der Waals surface area contributed by atoms with Gasteiger partial charge in [-0.1, -0.05) is 13.8 Å². The highest BCUT2D eigenvalue weighted by Gasteiger charge is 2.42. The van der Waals surface area contributed by atoms with Crippen molar-refractivity contribution in [3.63, 3.8) is 0 Å². The number of nitrogens with one attached hydrogen (secondary N) is 1. The minimum atomic E-state index is 0.111. The van der Waals surface area contributed by atoms with E-state index in [1.807, 2.05) is 0 Å². The molecule has 3 heterocycles. The lowest BCUT2D eigenvalue weighted by Gasteiger charge is -2.46. The molecule has 3 unspecified atom stereocenters. The fourth-order valence-corrected chi connectivity index (χ4v) is 3.13. The summed E-state index contributed by atoms with van der Waals surface area (Å²) in [6, 6.07) is 4.77. The van der Waals surface area contributed by atoms with Gasteiger partial charge in [0.1, 0.15) is 0 Å². The highest BCUT2D eigenvalue weighted by molar-refractivity contribution is 5.51. The summed E-state index contributed by atoms with van der Waals surface area (Å²) in [6.45, 7) is 5.18. The third-order valence-electron chi connectivity index (χ3n) is 4.15. The van der Waals surface area contributed by atoms with Crippen LogP contribution in [0.3, 0.4) is 0 Å². The standard InChI is InChI=1S/C15H21NO3/c1-8(2)14-15-10-6-13(18-4)12(17-3)5-9(10)11(16-14)7-19-15/h5-6,8,11,14-16H,7H2,1-4H3. The average molecular weight is 263 g/mol. The predicted molar refractivity (Wildman–Crippen MR) is 72.7 cm³/mol. The molecule has 4 rings (SSSR count). The molecule has 2 bridgehead atoms. The fourth-order valence-electron chi connectivity index (χ4n) is 3.13. The Kier molecular flexibility index (Phi) is 3.15. The zero-order valence-corrected chi connectivity index (χ0v) is 11.9. The molecule has 3 aliphatic rings. The van der Waals surface area contributed by atoms with Crippen LogP contribution in [0.25, 0.3) is 0 Å². The van der Waals surface area contributed by atoms with Gasteiger partial charge in [-0.15, -0.1) is 0 Å². The molecule has 1 N–H and O–H groups in total. The van der Waals surface area contributed by atoms with E-state index in [0.717, 1.165) is 18.1 Å². The molecule has 1 fully saturated rings. The largest absolute Gasteiger partial charge is 0.493 e. The normalized spacial score (nSPS) is 28.4. The van der Waals surface area contributed by atoms with Crippen molar-refractivity contribution >= 4 is 0 Å². The van der Waals surface area contributed by atoms with Gasteiger partial charge in [0.25, 0.3) is 0 Å². The molecule has 3 aliphatic heterocycles. The van der Waals surface area contributed by atoms with Gasteiger partial charge in [-0.2, -0.15) is 0 Å². The number of hydrogen-bond donors (Lipinski definition) is 1. The Hall–Kier alpha value is -1.26. The molecule has 0 amide bonds. The van der Waals surface area contributed by atoms with Crippen LogP contribution in [0, 0.1) is 5.92 Å². The van der Waals surface area contributed by atoms with Crippen LogP contribution in [-0.2, 0) is 4.74 Å². The number of benzene rings is 1. The van der Waals surface area contributed by atoms with Crippen molar-refractivity contribution in [1.29, 1.82) is 0 Å². The van der Waals surface area contributed by atoms with Crippen LogP contribution in [0.15, 0.2) is 12.1 Å².